The summed E-state index contributed by atoms with van der Waals surface area (Å²) in [7, 11) is 1.41. The number of benzene rings is 1. The van der Waals surface area contributed by atoms with Crippen LogP contribution in [0.3, 0.4) is 0 Å². The van der Waals surface area contributed by atoms with Crippen molar-refractivity contribution >= 4 is 23.3 Å². The largest absolute Gasteiger partial charge is 0.495 e. The normalized spacial score (nSPS) is 10.0. The van der Waals surface area contributed by atoms with E-state index in [2.05, 4.69) is 16.0 Å². The molecule has 0 saturated heterocycles. The van der Waals surface area contributed by atoms with Gasteiger partial charge in [0.15, 0.2) is 0 Å². The minimum atomic E-state index is -0.604. The molecule has 0 aliphatic rings. The van der Waals surface area contributed by atoms with Crippen LogP contribution in [0.5, 0.6) is 5.75 Å². The first-order chi connectivity index (χ1) is 10.3. The molecule has 0 heterocycles. The molecule has 1 aromatic rings. The summed E-state index contributed by atoms with van der Waals surface area (Å²) in [6.45, 7) is 3.29. The van der Waals surface area contributed by atoms with Crippen LogP contribution < -0.4 is 20.7 Å². The van der Waals surface area contributed by atoms with Crippen LogP contribution in [0.15, 0.2) is 18.2 Å². The van der Waals surface area contributed by atoms with Gasteiger partial charge in [0.05, 0.1) is 24.3 Å². The maximum atomic E-state index is 11.6. The van der Waals surface area contributed by atoms with Crippen LogP contribution in [0, 0.1) is 10.1 Å². The summed E-state index contributed by atoms with van der Waals surface area (Å²) in [6.07, 6.45) is 0. The first-order valence-electron chi connectivity index (χ1n) is 6.50. The quantitative estimate of drug-likeness (QED) is 0.537. The Hall–Kier alpha value is -2.84. The Morgan fingerprint density at radius 3 is 2.59 bits per heavy atom. The second kappa shape index (κ2) is 7.81. The van der Waals surface area contributed by atoms with Gasteiger partial charge in [-0.3, -0.25) is 20.2 Å². The highest BCUT2D eigenvalue weighted by atomic mass is 16.6. The number of nitro groups is 1. The fourth-order valence-corrected chi connectivity index (χ4v) is 1.59. The maximum absolute atomic E-state index is 11.6. The van der Waals surface area contributed by atoms with Gasteiger partial charge in [-0.1, -0.05) is 0 Å². The molecule has 0 atom stereocenters. The molecule has 3 N–H and O–H groups in total. The lowest BCUT2D eigenvalue weighted by Crippen LogP contribution is -2.44. The lowest BCUT2D eigenvalue weighted by molar-refractivity contribution is -0.384. The number of hydrogen-bond acceptors (Lipinski definition) is 6. The zero-order valence-electron chi connectivity index (χ0n) is 12.5. The second-order valence-corrected chi connectivity index (χ2v) is 4.67. The molecule has 0 bridgehead atoms. The van der Waals surface area contributed by atoms with Crippen molar-refractivity contribution in [3.63, 3.8) is 0 Å². The summed E-state index contributed by atoms with van der Waals surface area (Å²) < 4.78 is 5.05. The minimum Gasteiger partial charge on any atom is -0.495 e. The number of hydrogen-bond donors (Lipinski definition) is 3. The highest BCUT2D eigenvalue weighted by molar-refractivity contribution is 5.96. The molecule has 9 nitrogen and oxygen atoms in total. The molecule has 0 spiro atoms. The van der Waals surface area contributed by atoms with E-state index < -0.39 is 16.9 Å². The molecule has 0 fully saturated rings. The molecule has 22 heavy (non-hydrogen) atoms. The SMILES string of the molecule is COc1ccc([N+](=O)[O-])cc1NCC(=O)NC(=O)NC(C)C. The summed E-state index contributed by atoms with van der Waals surface area (Å²) >= 11 is 0. The van der Waals surface area contributed by atoms with Crippen molar-refractivity contribution in [2.45, 2.75) is 19.9 Å². The number of carbonyl (C=O) groups excluding carboxylic acids is 2. The minimum absolute atomic E-state index is 0.0994. The number of nitrogens with one attached hydrogen (secondary N) is 3. The Morgan fingerprint density at radius 2 is 2.05 bits per heavy atom. The van der Waals surface area contributed by atoms with E-state index in [-0.39, 0.29) is 24.0 Å². The number of rotatable bonds is 6. The van der Waals surface area contributed by atoms with Crippen molar-refractivity contribution in [3.8, 4) is 5.75 Å². The van der Waals surface area contributed by atoms with Gasteiger partial charge in [-0.05, 0) is 19.9 Å². The number of urea groups is 1. The number of anilines is 1. The van der Waals surface area contributed by atoms with Crippen molar-refractivity contribution in [1.29, 1.82) is 0 Å². The molecule has 0 radical (unpaired) electrons. The Labute approximate surface area is 127 Å². The Balaban J connectivity index is 2.66. The van der Waals surface area contributed by atoms with Gasteiger partial charge < -0.3 is 15.4 Å². The van der Waals surface area contributed by atoms with Gasteiger partial charge in [0, 0.05) is 18.2 Å². The molecule has 0 saturated carbocycles. The van der Waals surface area contributed by atoms with E-state index in [4.69, 9.17) is 4.74 Å². The monoisotopic (exact) mass is 310 g/mol. The van der Waals surface area contributed by atoms with Crippen molar-refractivity contribution in [3.05, 3.63) is 28.3 Å². The molecular formula is C13H18N4O5. The molecule has 0 aliphatic carbocycles. The Kier molecular flexibility index (Phi) is 6.11. The Morgan fingerprint density at radius 1 is 1.36 bits per heavy atom. The number of amides is 3. The number of nitro benzene ring substituents is 1. The van der Waals surface area contributed by atoms with E-state index in [0.717, 1.165) is 0 Å². The van der Waals surface area contributed by atoms with E-state index in [9.17, 15) is 19.7 Å². The smallest absolute Gasteiger partial charge is 0.321 e. The number of non-ortho nitro benzene ring substituents is 1. The van der Waals surface area contributed by atoms with Crippen LogP contribution in [-0.4, -0.2) is 36.6 Å². The predicted octanol–water partition coefficient (Wildman–Crippen LogP) is 1.25. The number of nitrogens with zero attached hydrogens (tertiary/aromatic N) is 1. The van der Waals surface area contributed by atoms with Gasteiger partial charge in [0.1, 0.15) is 5.75 Å². The van der Waals surface area contributed by atoms with Crippen LogP contribution in [0.1, 0.15) is 13.8 Å². The number of carbonyl (C=O) groups is 2. The van der Waals surface area contributed by atoms with Crippen molar-refractivity contribution in [1.82, 2.24) is 10.6 Å². The van der Waals surface area contributed by atoms with Gasteiger partial charge in [-0.2, -0.15) is 0 Å². The predicted molar refractivity (Wildman–Crippen MR) is 79.9 cm³/mol. The van der Waals surface area contributed by atoms with E-state index in [0.29, 0.717) is 5.75 Å². The third-order valence-electron chi connectivity index (χ3n) is 2.51. The Bertz CT molecular complexity index is 574. The highest BCUT2D eigenvalue weighted by Crippen LogP contribution is 2.28. The van der Waals surface area contributed by atoms with Crippen LogP contribution in [0.4, 0.5) is 16.2 Å². The van der Waals surface area contributed by atoms with Crippen LogP contribution in [0.2, 0.25) is 0 Å². The molecule has 0 aliphatic heterocycles. The molecule has 9 heteroatoms. The van der Waals surface area contributed by atoms with Crippen molar-refractivity contribution < 1.29 is 19.2 Å². The van der Waals surface area contributed by atoms with Gasteiger partial charge in [-0.15, -0.1) is 0 Å². The summed E-state index contributed by atoms with van der Waals surface area (Å²) in [5.41, 5.74) is 0.150. The average molecular weight is 310 g/mol. The van der Waals surface area contributed by atoms with Gasteiger partial charge in [0.2, 0.25) is 5.91 Å². The fraction of sp³-hybridized carbons (Fsp3) is 0.385. The van der Waals surface area contributed by atoms with Crippen molar-refractivity contribution in [2.75, 3.05) is 19.0 Å². The summed E-state index contributed by atoms with van der Waals surface area (Å²) in [5.74, 6) is -0.225. The molecule has 3 amide bonds. The lowest BCUT2D eigenvalue weighted by atomic mass is 10.2. The van der Waals surface area contributed by atoms with Crippen LogP contribution in [0.25, 0.3) is 0 Å². The van der Waals surface area contributed by atoms with Gasteiger partial charge >= 0.3 is 6.03 Å². The zero-order chi connectivity index (χ0) is 16.7. The second-order valence-electron chi connectivity index (χ2n) is 4.67. The number of ether oxygens (including phenoxy) is 1. The number of methoxy groups -OCH3 is 1. The summed E-state index contributed by atoms with van der Waals surface area (Å²) in [5, 5.41) is 18.1. The molecule has 0 unspecified atom stereocenters. The molecule has 1 aromatic carbocycles. The lowest BCUT2D eigenvalue weighted by Gasteiger charge is -2.12. The van der Waals surface area contributed by atoms with E-state index in [1.165, 1.54) is 25.3 Å². The first-order valence-corrected chi connectivity index (χ1v) is 6.50. The zero-order valence-corrected chi connectivity index (χ0v) is 12.5. The summed E-state index contributed by atoms with van der Waals surface area (Å²) in [6, 6.07) is 3.26. The third kappa shape index (κ3) is 5.27. The standard InChI is InChI=1S/C13H18N4O5/c1-8(2)15-13(19)16-12(18)7-14-10-6-9(17(20)21)4-5-11(10)22-3/h4-6,8,14H,7H2,1-3H3,(H2,15,16,18,19). The maximum Gasteiger partial charge on any atom is 0.321 e. The summed E-state index contributed by atoms with van der Waals surface area (Å²) in [4.78, 5) is 33.2. The number of imide groups is 1. The van der Waals surface area contributed by atoms with Crippen LogP contribution in [-0.2, 0) is 4.79 Å². The fourth-order valence-electron chi connectivity index (χ4n) is 1.59. The van der Waals surface area contributed by atoms with Crippen LogP contribution >= 0.6 is 0 Å². The molecule has 1 rings (SSSR count). The van der Waals surface area contributed by atoms with Gasteiger partial charge in [0.25, 0.3) is 5.69 Å². The highest BCUT2D eigenvalue weighted by Gasteiger charge is 2.13. The van der Waals surface area contributed by atoms with Gasteiger partial charge in [-0.25, -0.2) is 4.79 Å². The average Bonchev–Trinajstić information content (AvgIpc) is 2.43. The van der Waals surface area contributed by atoms with E-state index in [1.54, 1.807) is 13.8 Å². The van der Waals surface area contributed by atoms with Crippen molar-refractivity contribution in [2.24, 2.45) is 0 Å². The molecular weight excluding hydrogens is 292 g/mol. The molecule has 120 valence electrons. The topological polar surface area (TPSA) is 123 Å². The van der Waals surface area contributed by atoms with E-state index in [1.807, 2.05) is 0 Å². The third-order valence-corrected chi connectivity index (χ3v) is 2.51. The van der Waals surface area contributed by atoms with E-state index >= 15 is 0 Å². The first kappa shape index (κ1) is 17.2. The molecule has 0 aromatic heterocycles.